The highest BCUT2D eigenvalue weighted by Crippen LogP contribution is 2.18. The molecule has 5 heteroatoms. The molecule has 0 aliphatic carbocycles. The lowest BCUT2D eigenvalue weighted by Crippen LogP contribution is -2.37. The first-order chi connectivity index (χ1) is 8.08. The van der Waals surface area contributed by atoms with E-state index < -0.39 is 0 Å². The van der Waals surface area contributed by atoms with Crippen LogP contribution in [0.5, 0.6) is 0 Å². The normalized spacial score (nSPS) is 12.2. The van der Waals surface area contributed by atoms with E-state index >= 15 is 0 Å². The standard InChI is InChI=1S/C12H17ClN2O2/c1-3-9(7-17-2)15-12(16)10-6-8(14)4-5-11(10)13/h4-6,9H,3,7,14H2,1-2H3,(H,15,16). The van der Waals surface area contributed by atoms with E-state index in [4.69, 9.17) is 22.1 Å². The summed E-state index contributed by atoms with van der Waals surface area (Å²) in [6.45, 7) is 2.45. The van der Waals surface area contributed by atoms with Crippen molar-refractivity contribution >= 4 is 23.2 Å². The van der Waals surface area contributed by atoms with Gasteiger partial charge in [0.2, 0.25) is 0 Å². The smallest absolute Gasteiger partial charge is 0.253 e. The first-order valence-electron chi connectivity index (χ1n) is 5.43. The van der Waals surface area contributed by atoms with Crippen molar-refractivity contribution in [2.75, 3.05) is 19.5 Å². The van der Waals surface area contributed by atoms with Crippen molar-refractivity contribution in [3.63, 3.8) is 0 Å². The minimum atomic E-state index is -0.230. The number of nitrogens with two attached hydrogens (primary N) is 1. The van der Waals surface area contributed by atoms with Crippen LogP contribution in [0, 0.1) is 0 Å². The van der Waals surface area contributed by atoms with Crippen LogP contribution in [0.3, 0.4) is 0 Å². The average molecular weight is 257 g/mol. The summed E-state index contributed by atoms with van der Waals surface area (Å²) in [5.74, 6) is -0.230. The van der Waals surface area contributed by atoms with Crippen LogP contribution in [-0.2, 0) is 4.74 Å². The summed E-state index contributed by atoms with van der Waals surface area (Å²) < 4.78 is 5.01. The number of nitrogens with one attached hydrogen (secondary N) is 1. The van der Waals surface area contributed by atoms with Gasteiger partial charge in [-0.2, -0.15) is 0 Å². The molecule has 17 heavy (non-hydrogen) atoms. The van der Waals surface area contributed by atoms with Gasteiger partial charge in [-0.15, -0.1) is 0 Å². The number of carbonyl (C=O) groups excluding carboxylic acids is 1. The van der Waals surface area contributed by atoms with Gasteiger partial charge in [0.25, 0.3) is 5.91 Å². The first-order valence-corrected chi connectivity index (χ1v) is 5.81. The number of carbonyl (C=O) groups is 1. The van der Waals surface area contributed by atoms with Crippen molar-refractivity contribution in [2.24, 2.45) is 0 Å². The molecular formula is C12H17ClN2O2. The molecule has 0 bridgehead atoms. The van der Waals surface area contributed by atoms with Crippen LogP contribution in [0.15, 0.2) is 18.2 Å². The van der Waals surface area contributed by atoms with E-state index in [9.17, 15) is 4.79 Å². The lowest BCUT2D eigenvalue weighted by molar-refractivity contribution is 0.0895. The van der Waals surface area contributed by atoms with Crippen LogP contribution >= 0.6 is 11.6 Å². The lowest BCUT2D eigenvalue weighted by Gasteiger charge is -2.16. The van der Waals surface area contributed by atoms with Gasteiger partial charge in [0.1, 0.15) is 0 Å². The van der Waals surface area contributed by atoms with Crippen LogP contribution in [0.4, 0.5) is 5.69 Å². The van der Waals surface area contributed by atoms with Gasteiger partial charge in [-0.25, -0.2) is 0 Å². The fourth-order valence-corrected chi connectivity index (χ4v) is 1.65. The summed E-state index contributed by atoms with van der Waals surface area (Å²) >= 11 is 5.95. The van der Waals surface area contributed by atoms with Gasteiger partial charge >= 0.3 is 0 Å². The second-order valence-corrected chi connectivity index (χ2v) is 4.18. The van der Waals surface area contributed by atoms with Crippen LogP contribution in [0.25, 0.3) is 0 Å². The number of anilines is 1. The Bertz CT molecular complexity index is 396. The topological polar surface area (TPSA) is 64.3 Å². The Morgan fingerprint density at radius 1 is 1.59 bits per heavy atom. The molecule has 1 unspecified atom stereocenters. The third-order valence-electron chi connectivity index (χ3n) is 2.43. The van der Waals surface area contributed by atoms with E-state index in [2.05, 4.69) is 5.32 Å². The van der Waals surface area contributed by atoms with E-state index in [-0.39, 0.29) is 11.9 Å². The number of methoxy groups -OCH3 is 1. The number of hydrogen-bond acceptors (Lipinski definition) is 3. The largest absolute Gasteiger partial charge is 0.399 e. The highest BCUT2D eigenvalue weighted by Gasteiger charge is 2.14. The predicted molar refractivity (Wildman–Crippen MR) is 69.3 cm³/mol. The Hall–Kier alpha value is -1.26. The van der Waals surface area contributed by atoms with Crippen molar-refractivity contribution in [1.29, 1.82) is 0 Å². The number of hydrogen-bond donors (Lipinski definition) is 2. The van der Waals surface area contributed by atoms with Gasteiger partial charge < -0.3 is 15.8 Å². The van der Waals surface area contributed by atoms with Crippen LogP contribution in [-0.4, -0.2) is 25.7 Å². The summed E-state index contributed by atoms with van der Waals surface area (Å²) in [5, 5.41) is 3.24. The summed E-state index contributed by atoms with van der Waals surface area (Å²) in [6.07, 6.45) is 0.791. The maximum Gasteiger partial charge on any atom is 0.253 e. The fourth-order valence-electron chi connectivity index (χ4n) is 1.44. The van der Waals surface area contributed by atoms with Gasteiger partial charge in [0, 0.05) is 12.8 Å². The van der Waals surface area contributed by atoms with Crippen molar-refractivity contribution in [3.8, 4) is 0 Å². The zero-order valence-corrected chi connectivity index (χ0v) is 10.8. The van der Waals surface area contributed by atoms with E-state index in [0.29, 0.717) is 22.9 Å². The maximum absolute atomic E-state index is 12.0. The molecule has 0 fully saturated rings. The fraction of sp³-hybridized carbons (Fsp3) is 0.417. The molecule has 0 heterocycles. The number of ether oxygens (including phenoxy) is 1. The molecule has 1 amide bonds. The SMILES string of the molecule is CCC(COC)NC(=O)c1cc(N)ccc1Cl. The molecule has 0 saturated heterocycles. The number of amides is 1. The number of halogens is 1. The Balaban J connectivity index is 2.78. The Morgan fingerprint density at radius 2 is 2.29 bits per heavy atom. The van der Waals surface area contributed by atoms with Crippen molar-refractivity contribution in [1.82, 2.24) is 5.32 Å². The Morgan fingerprint density at radius 3 is 2.88 bits per heavy atom. The third kappa shape index (κ3) is 3.91. The van der Waals surface area contributed by atoms with E-state index in [1.807, 2.05) is 6.92 Å². The molecule has 4 nitrogen and oxygen atoms in total. The Kier molecular flexibility index (Phi) is 5.25. The zero-order chi connectivity index (χ0) is 12.8. The van der Waals surface area contributed by atoms with Crippen molar-refractivity contribution < 1.29 is 9.53 Å². The van der Waals surface area contributed by atoms with E-state index in [1.165, 1.54) is 0 Å². The molecule has 1 aromatic carbocycles. The second kappa shape index (κ2) is 6.47. The Labute approximate surface area is 106 Å². The van der Waals surface area contributed by atoms with E-state index in [1.54, 1.807) is 25.3 Å². The monoisotopic (exact) mass is 256 g/mol. The molecule has 0 spiro atoms. The molecular weight excluding hydrogens is 240 g/mol. The lowest BCUT2D eigenvalue weighted by atomic mass is 10.1. The molecule has 3 N–H and O–H groups in total. The highest BCUT2D eigenvalue weighted by atomic mass is 35.5. The minimum absolute atomic E-state index is 0.0232. The predicted octanol–water partition coefficient (Wildman–Crippen LogP) is 2.08. The summed E-state index contributed by atoms with van der Waals surface area (Å²) in [5.41, 5.74) is 6.53. The summed E-state index contributed by atoms with van der Waals surface area (Å²) in [4.78, 5) is 12.0. The molecule has 0 saturated carbocycles. The number of benzene rings is 1. The van der Waals surface area contributed by atoms with Crippen molar-refractivity contribution in [3.05, 3.63) is 28.8 Å². The maximum atomic E-state index is 12.0. The average Bonchev–Trinajstić information content (AvgIpc) is 2.31. The zero-order valence-electron chi connectivity index (χ0n) is 10.00. The minimum Gasteiger partial charge on any atom is -0.399 e. The molecule has 0 aliphatic rings. The molecule has 0 radical (unpaired) electrons. The molecule has 1 atom stereocenters. The van der Waals surface area contributed by atoms with E-state index in [0.717, 1.165) is 6.42 Å². The highest BCUT2D eigenvalue weighted by molar-refractivity contribution is 6.34. The number of rotatable bonds is 5. The molecule has 0 aliphatic heterocycles. The first kappa shape index (κ1) is 13.8. The molecule has 0 aromatic heterocycles. The molecule has 1 rings (SSSR count). The summed E-state index contributed by atoms with van der Waals surface area (Å²) in [7, 11) is 1.60. The quantitative estimate of drug-likeness (QED) is 0.793. The van der Waals surface area contributed by atoms with Gasteiger partial charge in [0.15, 0.2) is 0 Å². The van der Waals surface area contributed by atoms with Crippen LogP contribution in [0.1, 0.15) is 23.7 Å². The van der Waals surface area contributed by atoms with Gasteiger partial charge in [-0.3, -0.25) is 4.79 Å². The molecule has 94 valence electrons. The third-order valence-corrected chi connectivity index (χ3v) is 2.76. The second-order valence-electron chi connectivity index (χ2n) is 3.77. The van der Waals surface area contributed by atoms with Crippen LogP contribution in [0.2, 0.25) is 5.02 Å². The van der Waals surface area contributed by atoms with Gasteiger partial charge in [-0.05, 0) is 24.6 Å². The molecule has 1 aromatic rings. The van der Waals surface area contributed by atoms with Gasteiger partial charge in [-0.1, -0.05) is 18.5 Å². The van der Waals surface area contributed by atoms with Crippen molar-refractivity contribution in [2.45, 2.75) is 19.4 Å². The van der Waals surface area contributed by atoms with Gasteiger partial charge in [0.05, 0.1) is 23.2 Å². The summed E-state index contributed by atoms with van der Waals surface area (Å²) in [6, 6.07) is 4.82. The van der Waals surface area contributed by atoms with Crippen LogP contribution < -0.4 is 11.1 Å². The number of nitrogen functional groups attached to an aromatic ring is 1.